The fraction of sp³-hybridized carbons (Fsp3) is 0.562. The average Bonchev–Trinajstić information content (AvgIpc) is 2.72. The summed E-state index contributed by atoms with van der Waals surface area (Å²) in [4.78, 5) is 12.3. The minimum atomic E-state index is -4.11. The van der Waals surface area contributed by atoms with E-state index < -0.39 is 28.0 Å². The Kier molecular flexibility index (Phi) is 4.73. The lowest BCUT2D eigenvalue weighted by molar-refractivity contribution is 0.0345. The molecule has 7 heteroatoms. The van der Waals surface area contributed by atoms with Crippen LogP contribution in [-0.4, -0.2) is 37.1 Å². The van der Waals surface area contributed by atoms with Crippen LogP contribution in [0.5, 0.6) is 0 Å². The fourth-order valence-electron chi connectivity index (χ4n) is 2.42. The monoisotopic (exact) mass is 341 g/mol. The van der Waals surface area contributed by atoms with E-state index in [9.17, 15) is 13.2 Å². The van der Waals surface area contributed by atoms with Gasteiger partial charge in [-0.25, -0.2) is 4.79 Å². The van der Waals surface area contributed by atoms with Gasteiger partial charge in [0.15, 0.2) is 0 Å². The van der Waals surface area contributed by atoms with Crippen LogP contribution in [0.15, 0.2) is 24.3 Å². The summed E-state index contributed by atoms with van der Waals surface area (Å²) in [7, 11) is -4.11. The third kappa shape index (κ3) is 4.03. The van der Waals surface area contributed by atoms with Gasteiger partial charge >= 0.3 is 16.4 Å². The SMILES string of the molecule is Cc1ccc(C(C)C2COS(=O)(=O)N2C(=O)OC(C)(C)C)cc1. The zero-order valence-corrected chi connectivity index (χ0v) is 14.9. The van der Waals surface area contributed by atoms with Crippen molar-refractivity contribution in [1.82, 2.24) is 4.31 Å². The average molecular weight is 341 g/mol. The second-order valence-electron chi connectivity index (χ2n) is 6.79. The standard InChI is InChI=1S/C16H23NO5S/c1-11-6-8-13(9-7-11)12(2)14-10-21-23(19,20)17(14)15(18)22-16(3,4)5/h6-9,12,14H,10H2,1-5H3. The lowest BCUT2D eigenvalue weighted by Crippen LogP contribution is -2.44. The number of benzene rings is 1. The van der Waals surface area contributed by atoms with Crippen molar-refractivity contribution in [3.05, 3.63) is 35.4 Å². The summed E-state index contributed by atoms with van der Waals surface area (Å²) < 4.78 is 35.0. The number of hydrogen-bond acceptors (Lipinski definition) is 5. The van der Waals surface area contributed by atoms with Crippen LogP contribution in [0.1, 0.15) is 44.7 Å². The van der Waals surface area contributed by atoms with E-state index in [0.717, 1.165) is 15.4 Å². The van der Waals surface area contributed by atoms with Crippen molar-refractivity contribution in [3.63, 3.8) is 0 Å². The van der Waals surface area contributed by atoms with E-state index in [-0.39, 0.29) is 12.5 Å². The van der Waals surface area contributed by atoms with Crippen LogP contribution in [0.3, 0.4) is 0 Å². The zero-order chi connectivity index (χ0) is 17.4. The Morgan fingerprint density at radius 3 is 2.39 bits per heavy atom. The first-order valence-corrected chi connectivity index (χ1v) is 8.86. The van der Waals surface area contributed by atoms with Crippen LogP contribution < -0.4 is 0 Å². The molecule has 0 saturated carbocycles. The van der Waals surface area contributed by atoms with Gasteiger partial charge in [-0.3, -0.25) is 4.18 Å². The quantitative estimate of drug-likeness (QED) is 0.827. The normalized spacial score (nSPS) is 22.0. The van der Waals surface area contributed by atoms with Crippen LogP contribution in [0, 0.1) is 6.92 Å². The van der Waals surface area contributed by atoms with Crippen molar-refractivity contribution in [2.75, 3.05) is 6.61 Å². The molecule has 0 radical (unpaired) electrons. The van der Waals surface area contributed by atoms with E-state index in [1.807, 2.05) is 38.1 Å². The topological polar surface area (TPSA) is 72.9 Å². The van der Waals surface area contributed by atoms with Crippen LogP contribution in [0.25, 0.3) is 0 Å². The van der Waals surface area contributed by atoms with Gasteiger partial charge in [0.2, 0.25) is 0 Å². The highest BCUT2D eigenvalue weighted by Gasteiger charge is 2.47. The van der Waals surface area contributed by atoms with Gasteiger partial charge in [-0.1, -0.05) is 36.8 Å². The maximum atomic E-state index is 12.3. The van der Waals surface area contributed by atoms with E-state index in [0.29, 0.717) is 0 Å². The van der Waals surface area contributed by atoms with Crippen LogP contribution in [0.4, 0.5) is 4.79 Å². The molecule has 0 aliphatic carbocycles. The van der Waals surface area contributed by atoms with Gasteiger partial charge in [0.1, 0.15) is 5.60 Å². The lowest BCUT2D eigenvalue weighted by Gasteiger charge is -2.28. The van der Waals surface area contributed by atoms with Gasteiger partial charge in [0, 0.05) is 5.92 Å². The smallest absolute Gasteiger partial charge is 0.426 e. The Morgan fingerprint density at radius 2 is 1.87 bits per heavy atom. The molecule has 0 bridgehead atoms. The number of hydrogen-bond donors (Lipinski definition) is 0. The first-order chi connectivity index (χ1) is 10.5. The van der Waals surface area contributed by atoms with Crippen molar-refractivity contribution < 1.29 is 22.1 Å². The summed E-state index contributed by atoms with van der Waals surface area (Å²) in [5.74, 6) is -0.208. The summed E-state index contributed by atoms with van der Waals surface area (Å²) in [6.07, 6.45) is -0.904. The molecular formula is C16H23NO5S. The first kappa shape index (κ1) is 17.7. The fourth-order valence-corrected chi connectivity index (χ4v) is 3.64. The number of aryl methyl sites for hydroxylation is 1. The molecule has 1 aromatic carbocycles. The van der Waals surface area contributed by atoms with Gasteiger partial charge in [-0.15, -0.1) is 0 Å². The van der Waals surface area contributed by atoms with Gasteiger partial charge < -0.3 is 4.74 Å². The van der Waals surface area contributed by atoms with E-state index in [4.69, 9.17) is 8.92 Å². The molecule has 23 heavy (non-hydrogen) atoms. The maximum absolute atomic E-state index is 12.3. The molecular weight excluding hydrogens is 318 g/mol. The molecule has 1 amide bonds. The lowest BCUT2D eigenvalue weighted by atomic mass is 9.93. The predicted molar refractivity (Wildman–Crippen MR) is 86.3 cm³/mol. The minimum Gasteiger partial charge on any atom is -0.443 e. The summed E-state index contributed by atoms with van der Waals surface area (Å²) in [5, 5.41) is 0. The third-order valence-electron chi connectivity index (χ3n) is 3.68. The largest absolute Gasteiger partial charge is 0.443 e. The summed E-state index contributed by atoms with van der Waals surface area (Å²) in [6, 6.07) is 7.13. The number of carbonyl (C=O) groups excluding carboxylic acids is 1. The number of carbonyl (C=O) groups is 1. The maximum Gasteiger partial charge on any atom is 0.426 e. The molecule has 128 valence electrons. The molecule has 0 aromatic heterocycles. The number of ether oxygens (including phenoxy) is 1. The van der Waals surface area contributed by atoms with E-state index in [2.05, 4.69) is 0 Å². The Bertz CT molecular complexity index is 675. The molecule has 1 fully saturated rings. The third-order valence-corrected chi connectivity index (χ3v) is 5.02. The second kappa shape index (κ2) is 6.13. The zero-order valence-electron chi connectivity index (χ0n) is 14.1. The summed E-state index contributed by atoms with van der Waals surface area (Å²) in [6.45, 7) is 8.84. The summed E-state index contributed by atoms with van der Waals surface area (Å²) >= 11 is 0. The molecule has 6 nitrogen and oxygen atoms in total. The Balaban J connectivity index is 2.29. The minimum absolute atomic E-state index is 0.0728. The van der Waals surface area contributed by atoms with Gasteiger partial charge in [-0.05, 0) is 33.3 Å². The number of amides is 1. The van der Waals surface area contributed by atoms with E-state index in [1.165, 1.54) is 0 Å². The van der Waals surface area contributed by atoms with E-state index >= 15 is 0 Å². The molecule has 1 aromatic rings. The number of nitrogens with zero attached hydrogens (tertiary/aromatic N) is 1. The molecule has 1 aliphatic rings. The van der Waals surface area contributed by atoms with Crippen LogP contribution in [-0.2, 0) is 19.2 Å². The molecule has 0 spiro atoms. The summed E-state index contributed by atoms with van der Waals surface area (Å²) in [5.41, 5.74) is 1.27. The Labute approximate surface area is 137 Å². The van der Waals surface area contributed by atoms with Crippen molar-refractivity contribution in [2.24, 2.45) is 0 Å². The van der Waals surface area contributed by atoms with Gasteiger partial charge in [0.05, 0.1) is 12.6 Å². The van der Waals surface area contributed by atoms with Gasteiger partial charge in [0.25, 0.3) is 0 Å². The van der Waals surface area contributed by atoms with Crippen molar-refractivity contribution in [1.29, 1.82) is 0 Å². The van der Waals surface area contributed by atoms with Gasteiger partial charge in [-0.2, -0.15) is 12.7 Å². The molecule has 1 heterocycles. The molecule has 2 atom stereocenters. The highest BCUT2D eigenvalue weighted by molar-refractivity contribution is 7.85. The van der Waals surface area contributed by atoms with Crippen molar-refractivity contribution in [2.45, 2.75) is 52.2 Å². The molecule has 0 N–H and O–H groups in total. The molecule has 2 unspecified atom stereocenters. The highest BCUT2D eigenvalue weighted by Crippen LogP contribution is 2.32. The molecule has 2 rings (SSSR count). The predicted octanol–water partition coefficient (Wildman–Crippen LogP) is 2.98. The molecule has 1 aliphatic heterocycles. The highest BCUT2D eigenvalue weighted by atomic mass is 32.2. The van der Waals surface area contributed by atoms with Crippen LogP contribution >= 0.6 is 0 Å². The number of rotatable bonds is 2. The van der Waals surface area contributed by atoms with Crippen molar-refractivity contribution in [3.8, 4) is 0 Å². The van der Waals surface area contributed by atoms with Crippen LogP contribution in [0.2, 0.25) is 0 Å². The molecule has 1 saturated heterocycles. The Morgan fingerprint density at radius 1 is 1.30 bits per heavy atom. The second-order valence-corrected chi connectivity index (χ2v) is 8.27. The van der Waals surface area contributed by atoms with Crippen molar-refractivity contribution >= 4 is 16.4 Å². The Hall–Kier alpha value is -1.60. The first-order valence-electron chi connectivity index (χ1n) is 7.49. The van der Waals surface area contributed by atoms with E-state index in [1.54, 1.807) is 20.8 Å².